The second-order valence-electron chi connectivity index (χ2n) is 5.39. The molecule has 0 bridgehead atoms. The van der Waals surface area contributed by atoms with E-state index in [0.717, 1.165) is 17.0 Å². The van der Waals surface area contributed by atoms with Gasteiger partial charge in [0.1, 0.15) is 5.52 Å². The zero-order valence-corrected chi connectivity index (χ0v) is 12.0. The molecule has 2 aliphatic rings. The van der Waals surface area contributed by atoms with Crippen molar-refractivity contribution in [2.24, 2.45) is 4.99 Å². The fourth-order valence-electron chi connectivity index (χ4n) is 2.90. The van der Waals surface area contributed by atoms with Gasteiger partial charge in [0.25, 0.3) is 0 Å². The SMILES string of the molecule is [C]1=C(c2ncc3nccnc3n2)C=CC2C1=Nc1ccccc12. The third-order valence-electron chi connectivity index (χ3n) is 3.99. The van der Waals surface area contributed by atoms with Crippen LogP contribution < -0.4 is 0 Å². The Kier molecular flexibility index (Phi) is 2.49. The van der Waals surface area contributed by atoms with E-state index in [0.29, 0.717) is 17.0 Å². The highest BCUT2D eigenvalue weighted by Crippen LogP contribution is 2.39. The molecule has 1 aliphatic carbocycles. The third-order valence-corrected chi connectivity index (χ3v) is 3.99. The summed E-state index contributed by atoms with van der Waals surface area (Å²) in [5, 5.41) is 0. The van der Waals surface area contributed by atoms with Crippen molar-refractivity contribution in [3.63, 3.8) is 0 Å². The molecule has 107 valence electrons. The van der Waals surface area contributed by atoms with E-state index in [1.165, 1.54) is 5.56 Å². The Morgan fingerprint density at radius 3 is 2.91 bits per heavy atom. The van der Waals surface area contributed by atoms with E-state index in [-0.39, 0.29) is 5.92 Å². The van der Waals surface area contributed by atoms with E-state index < -0.39 is 0 Å². The zero-order chi connectivity index (χ0) is 15.2. The van der Waals surface area contributed by atoms with Crippen LogP contribution in [-0.2, 0) is 0 Å². The third kappa shape index (κ3) is 1.90. The Morgan fingerprint density at radius 1 is 1.00 bits per heavy atom. The number of aromatic nitrogens is 4. The Hall–Kier alpha value is -3.21. The summed E-state index contributed by atoms with van der Waals surface area (Å²) in [6.07, 6.45) is 12.4. The summed E-state index contributed by atoms with van der Waals surface area (Å²) in [6.45, 7) is 0. The lowest BCUT2D eigenvalue weighted by Gasteiger charge is -2.13. The van der Waals surface area contributed by atoms with Gasteiger partial charge in [0.15, 0.2) is 11.5 Å². The highest BCUT2D eigenvalue weighted by molar-refractivity contribution is 6.09. The maximum Gasteiger partial charge on any atom is 0.181 e. The van der Waals surface area contributed by atoms with Crippen molar-refractivity contribution in [1.29, 1.82) is 0 Å². The molecule has 0 N–H and O–H groups in total. The van der Waals surface area contributed by atoms with Gasteiger partial charge in [0.2, 0.25) is 0 Å². The van der Waals surface area contributed by atoms with E-state index >= 15 is 0 Å². The van der Waals surface area contributed by atoms with Crippen molar-refractivity contribution in [2.45, 2.75) is 5.92 Å². The normalized spacial score (nSPS) is 18.3. The first kappa shape index (κ1) is 12.3. The second kappa shape index (κ2) is 4.64. The molecule has 3 heterocycles. The van der Waals surface area contributed by atoms with Gasteiger partial charge in [-0.1, -0.05) is 30.4 Å². The zero-order valence-electron chi connectivity index (χ0n) is 12.0. The summed E-state index contributed by atoms with van der Waals surface area (Å²) in [6, 6.07) is 8.17. The monoisotopic (exact) mass is 296 g/mol. The first-order chi connectivity index (χ1) is 11.4. The number of hydrogen-bond donors (Lipinski definition) is 0. The number of benzene rings is 1. The Labute approximate surface area is 132 Å². The van der Waals surface area contributed by atoms with Crippen molar-refractivity contribution in [3.05, 3.63) is 72.5 Å². The predicted molar refractivity (Wildman–Crippen MR) is 87.2 cm³/mol. The highest BCUT2D eigenvalue weighted by Gasteiger charge is 2.27. The van der Waals surface area contributed by atoms with Gasteiger partial charge in [-0.2, -0.15) is 0 Å². The minimum Gasteiger partial charge on any atom is -0.251 e. The minimum atomic E-state index is 0.176. The van der Waals surface area contributed by atoms with Gasteiger partial charge in [-0.3, -0.25) is 4.99 Å². The summed E-state index contributed by atoms with van der Waals surface area (Å²) >= 11 is 0. The maximum absolute atomic E-state index is 4.66. The molecule has 5 heteroatoms. The van der Waals surface area contributed by atoms with Crippen LogP contribution >= 0.6 is 0 Å². The number of nitrogens with zero attached hydrogens (tertiary/aromatic N) is 5. The molecule has 3 aromatic rings. The summed E-state index contributed by atoms with van der Waals surface area (Å²) in [4.78, 5) is 21.9. The Morgan fingerprint density at radius 2 is 1.91 bits per heavy atom. The van der Waals surface area contributed by atoms with Crippen molar-refractivity contribution >= 4 is 28.1 Å². The summed E-state index contributed by atoms with van der Waals surface area (Å²) in [5.41, 5.74) is 5.22. The summed E-state index contributed by atoms with van der Waals surface area (Å²) in [5.74, 6) is 0.765. The van der Waals surface area contributed by atoms with Gasteiger partial charge in [0.05, 0.1) is 17.6 Å². The number of hydrogen-bond acceptors (Lipinski definition) is 5. The van der Waals surface area contributed by atoms with E-state index in [9.17, 15) is 0 Å². The van der Waals surface area contributed by atoms with E-state index in [4.69, 9.17) is 0 Å². The van der Waals surface area contributed by atoms with Crippen LogP contribution in [0.1, 0.15) is 17.3 Å². The number of para-hydroxylation sites is 1. The molecule has 2 aromatic heterocycles. The fraction of sp³-hybridized carbons (Fsp3) is 0.0556. The van der Waals surface area contributed by atoms with Crippen LogP contribution in [0.5, 0.6) is 0 Å². The smallest absolute Gasteiger partial charge is 0.181 e. The van der Waals surface area contributed by atoms with Crippen LogP contribution in [0.25, 0.3) is 16.7 Å². The Bertz CT molecular complexity index is 1030. The lowest BCUT2D eigenvalue weighted by molar-refractivity contribution is 1.10. The molecule has 0 amide bonds. The van der Waals surface area contributed by atoms with Crippen LogP contribution in [-0.4, -0.2) is 25.6 Å². The molecule has 0 saturated heterocycles. The topological polar surface area (TPSA) is 63.9 Å². The van der Waals surface area contributed by atoms with Crippen LogP contribution in [0.2, 0.25) is 0 Å². The standard InChI is InChI=1S/C18H10N5/c1-2-4-14-12(3-1)13-6-5-11(9-15(13)22-14)17-21-10-16-18(23-17)20-8-7-19-16/h1-8,10,13H. The van der Waals surface area contributed by atoms with Crippen molar-refractivity contribution < 1.29 is 0 Å². The first-order valence-electron chi connectivity index (χ1n) is 7.32. The lowest BCUT2D eigenvalue weighted by Crippen LogP contribution is -2.09. The molecule has 1 radical (unpaired) electrons. The van der Waals surface area contributed by atoms with Crippen LogP contribution in [0, 0.1) is 6.08 Å². The number of rotatable bonds is 1. The molecule has 0 fully saturated rings. The summed E-state index contributed by atoms with van der Waals surface area (Å²) < 4.78 is 0. The lowest BCUT2D eigenvalue weighted by atomic mass is 9.90. The van der Waals surface area contributed by atoms with E-state index in [1.54, 1.807) is 18.6 Å². The minimum absolute atomic E-state index is 0.176. The fourth-order valence-corrected chi connectivity index (χ4v) is 2.90. The summed E-state index contributed by atoms with van der Waals surface area (Å²) in [7, 11) is 0. The molecule has 0 spiro atoms. The van der Waals surface area contributed by atoms with Gasteiger partial charge < -0.3 is 0 Å². The maximum atomic E-state index is 4.66. The van der Waals surface area contributed by atoms with Crippen LogP contribution in [0.3, 0.4) is 0 Å². The van der Waals surface area contributed by atoms with Gasteiger partial charge in [-0.05, 0) is 11.6 Å². The van der Waals surface area contributed by atoms with Gasteiger partial charge in [-0.15, -0.1) is 0 Å². The largest absolute Gasteiger partial charge is 0.251 e. The van der Waals surface area contributed by atoms with Crippen LogP contribution in [0.4, 0.5) is 5.69 Å². The molecule has 1 unspecified atom stereocenters. The molecule has 1 aromatic carbocycles. The molecule has 0 saturated carbocycles. The molecule has 23 heavy (non-hydrogen) atoms. The van der Waals surface area contributed by atoms with E-state index in [1.807, 2.05) is 24.3 Å². The molecular formula is C18H10N5. The first-order valence-corrected chi connectivity index (χ1v) is 7.32. The number of allylic oxidation sites excluding steroid dienone is 4. The van der Waals surface area contributed by atoms with Gasteiger partial charge in [-0.25, -0.2) is 19.9 Å². The molecule has 1 atom stereocenters. The quantitative estimate of drug-likeness (QED) is 0.692. The number of fused-ring (bicyclic) bond motifs is 4. The van der Waals surface area contributed by atoms with Crippen LogP contribution in [0.15, 0.2) is 60.0 Å². The van der Waals surface area contributed by atoms with E-state index in [2.05, 4.69) is 43.1 Å². The highest BCUT2D eigenvalue weighted by atomic mass is 15.0. The van der Waals surface area contributed by atoms with Crippen molar-refractivity contribution in [3.8, 4) is 0 Å². The second-order valence-corrected chi connectivity index (χ2v) is 5.39. The van der Waals surface area contributed by atoms with Gasteiger partial charge >= 0.3 is 0 Å². The van der Waals surface area contributed by atoms with Crippen molar-refractivity contribution in [1.82, 2.24) is 19.9 Å². The number of aliphatic imine (C=N–C) groups is 1. The molecule has 5 nitrogen and oxygen atoms in total. The average Bonchev–Trinajstić information content (AvgIpc) is 2.99. The molecule has 1 aliphatic heterocycles. The van der Waals surface area contributed by atoms with Crippen molar-refractivity contribution in [2.75, 3.05) is 0 Å². The predicted octanol–water partition coefficient (Wildman–Crippen LogP) is 3.05. The molecular weight excluding hydrogens is 286 g/mol. The van der Waals surface area contributed by atoms with Gasteiger partial charge in [0, 0.05) is 30.0 Å². The Balaban J connectivity index is 1.59. The average molecular weight is 296 g/mol. The molecule has 5 rings (SSSR count).